The molecule has 18 heavy (non-hydrogen) atoms. The van der Waals surface area contributed by atoms with E-state index in [0.29, 0.717) is 0 Å². The second-order valence-corrected chi connectivity index (χ2v) is 4.98. The third-order valence-electron chi connectivity index (χ3n) is 2.48. The van der Waals surface area contributed by atoms with Gasteiger partial charge in [0, 0.05) is 6.20 Å². The van der Waals surface area contributed by atoms with Gasteiger partial charge in [0.15, 0.2) is 0 Å². The summed E-state index contributed by atoms with van der Waals surface area (Å²) in [7, 11) is 0. The molecule has 1 rings (SSSR count). The van der Waals surface area contributed by atoms with Gasteiger partial charge in [-0.1, -0.05) is 26.8 Å². The van der Waals surface area contributed by atoms with Crippen LogP contribution in [0.2, 0.25) is 0 Å². The largest absolute Gasteiger partial charge is 0.461 e. The molecule has 0 aromatic carbocycles. The van der Waals surface area contributed by atoms with Crippen LogP contribution in [0.4, 0.5) is 8.78 Å². The highest BCUT2D eigenvalue weighted by Crippen LogP contribution is 2.29. The van der Waals surface area contributed by atoms with Gasteiger partial charge in [0.2, 0.25) is 0 Å². The van der Waals surface area contributed by atoms with Crippen molar-refractivity contribution in [2.24, 2.45) is 0 Å². The van der Waals surface area contributed by atoms with Crippen LogP contribution >= 0.6 is 0 Å². The molecule has 0 unspecified atom stereocenters. The molecule has 0 aliphatic carbocycles. The molecule has 5 heteroatoms. The van der Waals surface area contributed by atoms with Gasteiger partial charge in [-0.25, -0.2) is 4.79 Å². The molecule has 0 aliphatic heterocycles. The van der Waals surface area contributed by atoms with E-state index in [1.54, 1.807) is 6.07 Å². The Morgan fingerprint density at radius 1 is 1.33 bits per heavy atom. The van der Waals surface area contributed by atoms with Crippen LogP contribution in [0.1, 0.15) is 39.0 Å². The zero-order valence-corrected chi connectivity index (χ0v) is 11.0. The van der Waals surface area contributed by atoms with Gasteiger partial charge >= 0.3 is 11.9 Å². The standard InChI is InChI=1S/C13H17F2NO2/c1-5-18-11(17)13(14,15)10-7-6-9(8-16-10)12(2,3)4/h6-8H,5H2,1-4H3. The van der Waals surface area contributed by atoms with Crippen LogP contribution in [0.25, 0.3) is 0 Å². The van der Waals surface area contributed by atoms with Crippen molar-refractivity contribution < 1.29 is 18.3 Å². The van der Waals surface area contributed by atoms with Gasteiger partial charge in [0.25, 0.3) is 0 Å². The van der Waals surface area contributed by atoms with E-state index in [-0.39, 0.29) is 12.0 Å². The number of carbonyl (C=O) groups is 1. The van der Waals surface area contributed by atoms with Gasteiger partial charge in [0.1, 0.15) is 5.69 Å². The Balaban J connectivity index is 3.01. The average molecular weight is 257 g/mol. The Morgan fingerprint density at radius 2 is 1.94 bits per heavy atom. The summed E-state index contributed by atoms with van der Waals surface area (Å²) < 4.78 is 31.6. The molecular weight excluding hydrogens is 240 g/mol. The lowest BCUT2D eigenvalue weighted by Gasteiger charge is -2.20. The Kier molecular flexibility index (Phi) is 4.04. The SMILES string of the molecule is CCOC(=O)C(F)(F)c1ccc(C(C)(C)C)cn1. The van der Waals surface area contributed by atoms with Gasteiger partial charge < -0.3 is 4.74 Å². The van der Waals surface area contributed by atoms with Crippen LogP contribution in [0, 0.1) is 0 Å². The molecule has 0 fully saturated rings. The molecule has 1 aromatic heterocycles. The van der Waals surface area contributed by atoms with E-state index in [1.165, 1.54) is 13.1 Å². The van der Waals surface area contributed by atoms with E-state index in [4.69, 9.17) is 0 Å². The van der Waals surface area contributed by atoms with Crippen LogP contribution in [0.5, 0.6) is 0 Å². The molecule has 0 N–H and O–H groups in total. The highest BCUT2D eigenvalue weighted by atomic mass is 19.3. The Hall–Kier alpha value is -1.52. The number of hydrogen-bond acceptors (Lipinski definition) is 3. The summed E-state index contributed by atoms with van der Waals surface area (Å²) >= 11 is 0. The lowest BCUT2D eigenvalue weighted by Crippen LogP contribution is -2.29. The van der Waals surface area contributed by atoms with Crippen LogP contribution < -0.4 is 0 Å². The highest BCUT2D eigenvalue weighted by Gasteiger charge is 2.44. The van der Waals surface area contributed by atoms with Crippen LogP contribution in [-0.2, 0) is 20.9 Å². The quantitative estimate of drug-likeness (QED) is 0.781. The third kappa shape index (κ3) is 3.03. The topological polar surface area (TPSA) is 39.2 Å². The van der Waals surface area contributed by atoms with Crippen molar-refractivity contribution in [2.75, 3.05) is 6.61 Å². The number of alkyl halides is 2. The van der Waals surface area contributed by atoms with Gasteiger partial charge in [-0.05, 0) is 24.0 Å². The smallest absolute Gasteiger partial charge is 0.384 e. The molecular formula is C13H17F2NO2. The average Bonchev–Trinajstić information content (AvgIpc) is 2.28. The molecule has 100 valence electrons. The molecule has 0 aliphatic rings. The summed E-state index contributed by atoms with van der Waals surface area (Å²) in [6.07, 6.45) is 1.36. The summed E-state index contributed by atoms with van der Waals surface area (Å²) in [5.41, 5.74) is 0.0601. The first-order valence-corrected chi connectivity index (χ1v) is 5.71. The van der Waals surface area contributed by atoms with Gasteiger partial charge in [0.05, 0.1) is 6.61 Å². The zero-order valence-electron chi connectivity index (χ0n) is 11.0. The van der Waals surface area contributed by atoms with E-state index in [1.807, 2.05) is 20.8 Å². The fourth-order valence-corrected chi connectivity index (χ4v) is 1.35. The maximum absolute atomic E-state index is 13.6. The van der Waals surface area contributed by atoms with Crippen molar-refractivity contribution in [3.05, 3.63) is 29.6 Å². The predicted octanol–water partition coefficient (Wildman–Crippen LogP) is 3.03. The first-order chi connectivity index (χ1) is 8.19. The summed E-state index contributed by atoms with van der Waals surface area (Å²) in [4.78, 5) is 14.8. The van der Waals surface area contributed by atoms with Crippen LogP contribution in [0.15, 0.2) is 18.3 Å². The summed E-state index contributed by atoms with van der Waals surface area (Å²) in [5, 5.41) is 0. The first-order valence-electron chi connectivity index (χ1n) is 5.71. The predicted molar refractivity (Wildman–Crippen MR) is 63.5 cm³/mol. The van der Waals surface area contributed by atoms with Gasteiger partial charge in [-0.15, -0.1) is 0 Å². The molecule has 0 saturated heterocycles. The van der Waals surface area contributed by atoms with E-state index < -0.39 is 17.6 Å². The number of hydrogen-bond donors (Lipinski definition) is 0. The third-order valence-corrected chi connectivity index (χ3v) is 2.48. The number of ether oxygens (including phenoxy) is 1. The minimum Gasteiger partial charge on any atom is -0.461 e. The van der Waals surface area contributed by atoms with Crippen molar-refractivity contribution in [1.82, 2.24) is 4.98 Å². The second kappa shape index (κ2) is 5.00. The number of pyridine rings is 1. The number of esters is 1. The van der Waals surface area contributed by atoms with E-state index in [0.717, 1.165) is 11.6 Å². The molecule has 0 atom stereocenters. The highest BCUT2D eigenvalue weighted by molar-refractivity contribution is 5.78. The molecule has 0 radical (unpaired) electrons. The van der Waals surface area contributed by atoms with Gasteiger partial charge in [-0.2, -0.15) is 8.78 Å². The number of rotatable bonds is 3. The molecule has 0 bridgehead atoms. The number of carbonyl (C=O) groups excluding carboxylic acids is 1. The maximum Gasteiger partial charge on any atom is 0.384 e. The molecule has 0 amide bonds. The summed E-state index contributed by atoms with van der Waals surface area (Å²) in [6, 6.07) is 2.72. The summed E-state index contributed by atoms with van der Waals surface area (Å²) in [6.45, 7) is 7.24. The lowest BCUT2D eigenvalue weighted by molar-refractivity contribution is -0.173. The Morgan fingerprint density at radius 3 is 2.33 bits per heavy atom. The van der Waals surface area contributed by atoms with Crippen LogP contribution in [0.3, 0.4) is 0 Å². The Bertz CT molecular complexity index is 422. The van der Waals surface area contributed by atoms with E-state index >= 15 is 0 Å². The number of nitrogens with zero attached hydrogens (tertiary/aromatic N) is 1. The molecule has 0 spiro atoms. The monoisotopic (exact) mass is 257 g/mol. The molecule has 1 aromatic rings. The number of aromatic nitrogens is 1. The Labute approximate surface area is 105 Å². The maximum atomic E-state index is 13.6. The van der Waals surface area contributed by atoms with Crippen molar-refractivity contribution in [1.29, 1.82) is 0 Å². The first kappa shape index (κ1) is 14.5. The van der Waals surface area contributed by atoms with E-state index in [2.05, 4.69) is 9.72 Å². The fraction of sp³-hybridized carbons (Fsp3) is 0.538. The summed E-state index contributed by atoms with van der Waals surface area (Å²) in [5.74, 6) is -5.27. The molecule has 1 heterocycles. The van der Waals surface area contributed by atoms with Gasteiger partial charge in [-0.3, -0.25) is 4.98 Å². The lowest BCUT2D eigenvalue weighted by atomic mass is 9.88. The minimum atomic E-state index is -3.70. The van der Waals surface area contributed by atoms with Crippen molar-refractivity contribution >= 4 is 5.97 Å². The van der Waals surface area contributed by atoms with E-state index in [9.17, 15) is 13.6 Å². The van der Waals surface area contributed by atoms with Crippen molar-refractivity contribution in [3.8, 4) is 0 Å². The minimum absolute atomic E-state index is 0.0888. The van der Waals surface area contributed by atoms with Crippen LogP contribution in [-0.4, -0.2) is 17.6 Å². The van der Waals surface area contributed by atoms with Crippen molar-refractivity contribution in [2.45, 2.75) is 39.0 Å². The second-order valence-electron chi connectivity index (χ2n) is 4.98. The molecule has 3 nitrogen and oxygen atoms in total. The molecule has 0 saturated carbocycles. The number of halogens is 2. The zero-order chi connectivity index (χ0) is 14.0. The normalized spacial score (nSPS) is 12.3. The fourth-order valence-electron chi connectivity index (χ4n) is 1.35. The van der Waals surface area contributed by atoms with Crippen molar-refractivity contribution in [3.63, 3.8) is 0 Å².